The van der Waals surface area contributed by atoms with E-state index in [1.165, 1.54) is 11.1 Å². The Morgan fingerprint density at radius 2 is 0.882 bits per heavy atom. The van der Waals surface area contributed by atoms with Gasteiger partial charge in [-0.2, -0.15) is 0 Å². The Balaban J connectivity index is 0.709. The van der Waals surface area contributed by atoms with Gasteiger partial charge in [0.1, 0.15) is 50.3 Å². The lowest BCUT2D eigenvalue weighted by atomic mass is 9.84. The van der Waals surface area contributed by atoms with Crippen molar-refractivity contribution in [3.05, 3.63) is 309 Å². The number of benzene rings is 7. The minimum absolute atomic E-state index is 0.125. The van der Waals surface area contributed by atoms with E-state index in [1.807, 2.05) is 79.4 Å². The highest BCUT2D eigenvalue weighted by Crippen LogP contribution is 2.47. The van der Waals surface area contributed by atoms with Crippen LogP contribution in [0.5, 0.6) is 0 Å². The smallest absolute Gasteiger partial charge is 0.163 e. The third kappa shape index (κ3) is 8.28. The fourth-order valence-electron chi connectivity index (χ4n) is 16.2. The number of furan rings is 2. The molecule has 0 aliphatic heterocycles. The molecule has 0 amide bonds. The third-order valence-electron chi connectivity index (χ3n) is 20.7. The first-order valence-corrected chi connectivity index (χ1v) is 34.1. The van der Waals surface area contributed by atoms with Gasteiger partial charge in [-0.1, -0.05) is 103 Å². The van der Waals surface area contributed by atoms with Crippen LogP contribution >= 0.6 is 0 Å². The second-order valence-electron chi connectivity index (χ2n) is 26.2. The summed E-state index contributed by atoms with van der Waals surface area (Å²) in [5.74, 6) is 1.48. The number of pyridine rings is 8. The first kappa shape index (κ1) is 56.1. The first-order valence-electron chi connectivity index (χ1n) is 34.1. The van der Waals surface area contributed by atoms with Gasteiger partial charge in [0.05, 0.1) is 55.5 Å². The third-order valence-corrected chi connectivity index (χ3v) is 20.7. The highest BCUT2D eigenvalue weighted by molar-refractivity contribution is 6.17. The Morgan fingerprint density at radius 3 is 1.59 bits per heavy atom. The molecule has 14 nitrogen and oxygen atoms in total. The first-order chi connectivity index (χ1) is 50.6. The van der Waals surface area contributed by atoms with Crippen molar-refractivity contribution in [1.82, 2.24) is 58.1 Å². The van der Waals surface area contributed by atoms with Crippen molar-refractivity contribution in [2.24, 2.45) is 0 Å². The van der Waals surface area contributed by atoms with Gasteiger partial charge < -0.3 is 18.0 Å². The number of fused-ring (bicyclic) bond motifs is 18. The Kier molecular flexibility index (Phi) is 12.0. The number of para-hydroxylation sites is 2. The summed E-state index contributed by atoms with van der Waals surface area (Å²) in [4.78, 5) is 39.9. The minimum atomic E-state index is 0.125. The quantitative estimate of drug-likeness (QED) is 0.137. The fraction of sp³-hybridized carbons (Fsp3) is 0.0227. The van der Waals surface area contributed by atoms with Crippen molar-refractivity contribution in [2.75, 3.05) is 0 Å². The molecule has 0 saturated heterocycles. The van der Waals surface area contributed by atoms with Crippen LogP contribution in [-0.4, -0.2) is 58.1 Å². The maximum Gasteiger partial charge on any atom is 0.163 e. The molecule has 0 bridgehead atoms. The van der Waals surface area contributed by atoms with E-state index in [9.17, 15) is 0 Å². The van der Waals surface area contributed by atoms with E-state index >= 15 is 0 Å². The van der Waals surface area contributed by atoms with E-state index < -0.39 is 0 Å². The van der Waals surface area contributed by atoms with Crippen molar-refractivity contribution in [2.45, 2.75) is 12.3 Å². The van der Waals surface area contributed by atoms with Crippen LogP contribution < -0.4 is 0 Å². The second-order valence-corrected chi connectivity index (χ2v) is 26.2. The molecule has 476 valence electrons. The summed E-state index contributed by atoms with van der Waals surface area (Å²) in [6, 6.07) is 85.4. The topological polar surface area (TPSA) is 149 Å². The maximum atomic E-state index is 7.15. The molecule has 102 heavy (non-hydrogen) atoms. The number of hydrogen-bond donors (Lipinski definition) is 0. The molecule has 0 spiro atoms. The van der Waals surface area contributed by atoms with Gasteiger partial charge in [-0.15, -0.1) is 0 Å². The van der Waals surface area contributed by atoms with Crippen molar-refractivity contribution in [3.63, 3.8) is 0 Å². The van der Waals surface area contributed by atoms with Gasteiger partial charge >= 0.3 is 0 Å². The van der Waals surface area contributed by atoms with Gasteiger partial charge in [-0.25, -0.2) is 9.97 Å². The van der Waals surface area contributed by atoms with E-state index in [2.05, 4.69) is 225 Å². The molecule has 1 unspecified atom stereocenters. The monoisotopic (exact) mass is 1310 g/mol. The van der Waals surface area contributed by atoms with Crippen LogP contribution in [0.25, 0.3) is 194 Å². The van der Waals surface area contributed by atoms with Gasteiger partial charge in [0.2, 0.25) is 0 Å². The summed E-state index contributed by atoms with van der Waals surface area (Å²) < 4.78 is 23.2. The van der Waals surface area contributed by atoms with Gasteiger partial charge in [-0.3, -0.25) is 39.0 Å². The van der Waals surface area contributed by atoms with Crippen LogP contribution in [0, 0.1) is 0 Å². The molecule has 14 aromatic heterocycles. The Hall–Kier alpha value is -14.0. The number of nitrogens with zero attached hydrogens (tertiary/aromatic N) is 12. The highest BCUT2D eigenvalue weighted by atomic mass is 16.3. The van der Waals surface area contributed by atoms with Crippen molar-refractivity contribution in [3.8, 4) is 56.5 Å². The number of rotatable bonds is 9. The van der Waals surface area contributed by atoms with Crippen molar-refractivity contribution >= 4 is 137 Å². The normalized spacial score (nSPS) is 13.6. The van der Waals surface area contributed by atoms with E-state index in [1.54, 1.807) is 12.4 Å². The zero-order chi connectivity index (χ0) is 66.7. The zero-order valence-electron chi connectivity index (χ0n) is 54.3. The lowest BCUT2D eigenvalue weighted by molar-refractivity contribution is 0.666. The number of allylic oxidation sites excluding steroid dienone is 4. The predicted octanol–water partition coefficient (Wildman–Crippen LogP) is 21.2. The van der Waals surface area contributed by atoms with E-state index in [4.69, 9.17) is 48.7 Å². The molecule has 22 rings (SSSR count). The van der Waals surface area contributed by atoms with Crippen LogP contribution in [-0.2, 0) is 0 Å². The summed E-state index contributed by atoms with van der Waals surface area (Å²) in [7, 11) is 0. The molecule has 0 saturated carbocycles. The Morgan fingerprint density at radius 1 is 0.324 bits per heavy atom. The van der Waals surface area contributed by atoms with E-state index in [-0.39, 0.29) is 5.92 Å². The fourth-order valence-corrected chi connectivity index (χ4v) is 16.2. The van der Waals surface area contributed by atoms with Crippen molar-refractivity contribution < 1.29 is 8.83 Å². The summed E-state index contributed by atoms with van der Waals surface area (Å²) in [6.07, 6.45) is 18.6. The molecule has 0 radical (unpaired) electrons. The van der Waals surface area contributed by atoms with E-state index in [0.717, 1.165) is 167 Å². The van der Waals surface area contributed by atoms with Gasteiger partial charge in [-0.05, 0) is 192 Å². The average molecular weight is 1310 g/mol. The molecule has 1 atom stereocenters. The molecule has 1 aliphatic carbocycles. The Labute approximate surface area is 579 Å². The lowest BCUT2D eigenvalue weighted by Crippen LogP contribution is -2.05. The van der Waals surface area contributed by atoms with Crippen LogP contribution in [0.1, 0.15) is 23.6 Å². The van der Waals surface area contributed by atoms with Gasteiger partial charge in [0.25, 0.3) is 0 Å². The molecule has 0 N–H and O–H groups in total. The SMILES string of the molecule is C1=CCC(c2ccccn2)C(c2ccc3c(c2)c2cc(-c4ccccc4-c4ccccn4)ccc2n3-c2ccc3oc4c(-n5c6ccccc6c6cc(-c7cc(-n8c9cccnc9c9ncccc98)nc8c7oc7ccc(-n9c%10cccnc%10c%10ncccc%109)nc78)ccc65)cccc4c3c2)=C1. The second kappa shape index (κ2) is 21.8. The van der Waals surface area contributed by atoms with Gasteiger partial charge in [0.15, 0.2) is 16.7 Å². The maximum absolute atomic E-state index is 7.15. The largest absolute Gasteiger partial charge is 0.454 e. The van der Waals surface area contributed by atoms with Crippen LogP contribution in [0.3, 0.4) is 0 Å². The summed E-state index contributed by atoms with van der Waals surface area (Å²) in [5.41, 5.74) is 26.5. The standard InChI is InChI=1S/C88H52N12O2/c1-3-18-57(66-22-7-9-40-89-66)55(16-1)51-30-34-69-63(46-51)64-47-52(56-17-2-4-19-58(56)67-23-8-10-41-90-67)31-35-70(64)97(69)54-33-37-77-65(49-54)60-21-11-25-76(87(60)101-77)98-68-24-6-5-20-59(68)62-48-53(32-36-71(62)98)61-50-80(100-74-28-14-44-93-83(74)84-75(100)29-15-45-94-84)96-86-85-78(102-88(61)86)38-39-79(95-85)99-72-26-12-42-91-81(72)82-73(99)27-13-43-92-82/h1-18,20-50,58H,19H2. The average Bonchev–Trinajstić information content (AvgIpc) is 1.57. The highest BCUT2D eigenvalue weighted by Gasteiger charge is 2.27. The number of aromatic nitrogens is 12. The van der Waals surface area contributed by atoms with Crippen LogP contribution in [0.4, 0.5) is 0 Å². The predicted molar refractivity (Wildman–Crippen MR) is 408 cm³/mol. The molecule has 14 heterocycles. The molecular formula is C88H52N12O2. The number of hydrogen-bond acceptors (Lipinski definition) is 10. The molecule has 1 aliphatic rings. The molecular weight excluding hydrogens is 1260 g/mol. The van der Waals surface area contributed by atoms with Crippen LogP contribution in [0.2, 0.25) is 0 Å². The molecule has 21 aromatic rings. The van der Waals surface area contributed by atoms with Crippen molar-refractivity contribution in [1.29, 1.82) is 0 Å². The lowest BCUT2D eigenvalue weighted by Gasteiger charge is -2.21. The zero-order valence-corrected chi connectivity index (χ0v) is 54.3. The van der Waals surface area contributed by atoms with E-state index in [0.29, 0.717) is 33.8 Å². The van der Waals surface area contributed by atoms with Crippen LogP contribution in [0.15, 0.2) is 307 Å². The summed E-state index contributed by atoms with van der Waals surface area (Å²) in [6.45, 7) is 0. The Bertz CT molecular complexity index is 7090. The summed E-state index contributed by atoms with van der Waals surface area (Å²) in [5, 5.41) is 6.48. The summed E-state index contributed by atoms with van der Waals surface area (Å²) >= 11 is 0. The minimum Gasteiger partial charge on any atom is -0.454 e. The van der Waals surface area contributed by atoms with Gasteiger partial charge in [0, 0.05) is 97.9 Å². The molecule has 7 aromatic carbocycles. The molecule has 14 heteroatoms. The molecule has 0 fully saturated rings.